The van der Waals surface area contributed by atoms with Gasteiger partial charge in [0.05, 0.1) is 12.3 Å². The van der Waals surface area contributed by atoms with Crippen molar-refractivity contribution in [2.45, 2.75) is 12.5 Å². The molecule has 104 valence electrons. The van der Waals surface area contributed by atoms with Crippen molar-refractivity contribution in [1.29, 1.82) is 5.26 Å². The number of nitrogens with zero attached hydrogens (tertiary/aromatic N) is 4. The summed E-state index contributed by atoms with van der Waals surface area (Å²) in [5.41, 5.74) is 0.999. The van der Waals surface area contributed by atoms with Crippen molar-refractivity contribution in [3.05, 3.63) is 24.0 Å². The second-order valence-electron chi connectivity index (χ2n) is 4.95. The molecule has 0 unspecified atom stereocenters. The molecule has 0 aliphatic carbocycles. The Morgan fingerprint density at radius 1 is 1.60 bits per heavy atom. The summed E-state index contributed by atoms with van der Waals surface area (Å²) < 4.78 is 1.57. The lowest BCUT2D eigenvalue weighted by Gasteiger charge is -2.28. The Morgan fingerprint density at radius 3 is 3.30 bits per heavy atom. The first kappa shape index (κ1) is 12.8. The van der Waals surface area contributed by atoms with Gasteiger partial charge in [0.1, 0.15) is 17.5 Å². The number of aliphatic hydroxyl groups is 1. The van der Waals surface area contributed by atoms with Gasteiger partial charge in [-0.15, -0.1) is 0 Å². The van der Waals surface area contributed by atoms with Gasteiger partial charge in [-0.3, -0.25) is 0 Å². The molecule has 1 aliphatic rings. The van der Waals surface area contributed by atoms with Crippen LogP contribution in [-0.2, 0) is 0 Å². The molecule has 1 fully saturated rings. The lowest BCUT2D eigenvalue weighted by molar-refractivity contribution is 0.0883. The summed E-state index contributed by atoms with van der Waals surface area (Å²) in [7, 11) is 0. The lowest BCUT2D eigenvalue weighted by atomic mass is 9.95. The summed E-state index contributed by atoms with van der Waals surface area (Å²) >= 11 is 0. The van der Waals surface area contributed by atoms with Crippen LogP contribution in [0.4, 0.5) is 5.82 Å². The van der Waals surface area contributed by atoms with Crippen LogP contribution in [0.3, 0.4) is 0 Å². The fourth-order valence-electron chi connectivity index (χ4n) is 2.42. The monoisotopic (exact) mass is 272 g/mol. The third kappa shape index (κ3) is 2.43. The Morgan fingerprint density at radius 2 is 2.50 bits per heavy atom. The molecule has 2 aromatic heterocycles. The highest BCUT2D eigenvalue weighted by atomic mass is 16.3. The first-order chi connectivity index (χ1) is 9.78. The number of rotatable bonds is 3. The minimum absolute atomic E-state index is 0.217. The van der Waals surface area contributed by atoms with Crippen molar-refractivity contribution in [2.75, 3.05) is 25.0 Å². The summed E-state index contributed by atoms with van der Waals surface area (Å²) in [6.45, 7) is 2.24. The van der Waals surface area contributed by atoms with Crippen LogP contribution in [0.5, 0.6) is 0 Å². The van der Waals surface area contributed by atoms with E-state index < -0.39 is 0 Å². The van der Waals surface area contributed by atoms with Crippen molar-refractivity contribution in [2.24, 2.45) is 5.92 Å². The number of nitrogens with one attached hydrogen (secondary N) is 2. The van der Waals surface area contributed by atoms with E-state index in [9.17, 15) is 5.11 Å². The first-order valence-electron chi connectivity index (χ1n) is 6.65. The second-order valence-corrected chi connectivity index (χ2v) is 4.95. The zero-order valence-electron chi connectivity index (χ0n) is 11.0. The Hall–Kier alpha value is -2.17. The van der Waals surface area contributed by atoms with Gasteiger partial charge in [0.2, 0.25) is 0 Å². The number of aromatic nitrogens is 3. The van der Waals surface area contributed by atoms with Crippen LogP contribution in [0.15, 0.2) is 18.5 Å². The molecule has 1 saturated heterocycles. The number of hydrogen-bond donors (Lipinski definition) is 3. The number of anilines is 1. The van der Waals surface area contributed by atoms with E-state index in [-0.39, 0.29) is 12.0 Å². The van der Waals surface area contributed by atoms with Gasteiger partial charge in [-0.25, -0.2) is 9.50 Å². The molecule has 0 bridgehead atoms. The van der Waals surface area contributed by atoms with Crippen LogP contribution in [0.25, 0.3) is 5.65 Å². The molecule has 0 saturated carbocycles. The van der Waals surface area contributed by atoms with Gasteiger partial charge in [-0.05, 0) is 19.0 Å². The van der Waals surface area contributed by atoms with Crippen LogP contribution >= 0.6 is 0 Å². The molecule has 2 atom stereocenters. The standard InChI is InChI=1S/C13H16N6O/c14-5-10-7-17-19-4-2-12(18-13(10)19)16-6-9-1-3-15-8-11(9)20/h2,4,7,9,11,15,20H,1,3,6,8H2,(H,16,18)/t9-,11+/m1/s1. The molecule has 0 aromatic carbocycles. The molecule has 2 aromatic rings. The maximum Gasteiger partial charge on any atom is 0.175 e. The molecular formula is C13H16N6O. The molecule has 0 spiro atoms. The second kappa shape index (κ2) is 5.45. The van der Waals surface area contributed by atoms with E-state index in [1.807, 2.05) is 6.07 Å². The maximum atomic E-state index is 9.89. The Balaban J connectivity index is 1.72. The Kier molecular flexibility index (Phi) is 3.50. The zero-order valence-corrected chi connectivity index (χ0v) is 11.0. The van der Waals surface area contributed by atoms with Gasteiger partial charge >= 0.3 is 0 Å². The minimum atomic E-state index is -0.329. The highest BCUT2D eigenvalue weighted by Gasteiger charge is 2.22. The van der Waals surface area contributed by atoms with Crippen molar-refractivity contribution < 1.29 is 5.11 Å². The molecule has 7 nitrogen and oxygen atoms in total. The number of piperidine rings is 1. The molecule has 7 heteroatoms. The number of aliphatic hydroxyl groups excluding tert-OH is 1. The molecule has 20 heavy (non-hydrogen) atoms. The van der Waals surface area contributed by atoms with Crippen molar-refractivity contribution in [3.63, 3.8) is 0 Å². The largest absolute Gasteiger partial charge is 0.391 e. The average molecular weight is 272 g/mol. The number of nitriles is 1. The Labute approximate surface area is 116 Å². The Bertz CT molecular complexity index is 646. The average Bonchev–Trinajstić information content (AvgIpc) is 2.88. The van der Waals surface area contributed by atoms with Crippen molar-refractivity contribution in [1.82, 2.24) is 19.9 Å². The van der Waals surface area contributed by atoms with Crippen LogP contribution in [0.2, 0.25) is 0 Å². The summed E-state index contributed by atoms with van der Waals surface area (Å²) in [6, 6.07) is 3.88. The van der Waals surface area contributed by atoms with E-state index >= 15 is 0 Å². The molecule has 1 aliphatic heterocycles. The summed E-state index contributed by atoms with van der Waals surface area (Å²) in [6.07, 6.45) is 3.88. The first-order valence-corrected chi connectivity index (χ1v) is 6.65. The molecule has 3 N–H and O–H groups in total. The number of β-amino-alcohol motifs (C(OH)–C–C–N with tert-alkyl or cyclic N) is 1. The topological polar surface area (TPSA) is 98.3 Å². The molecule has 3 rings (SSSR count). The van der Waals surface area contributed by atoms with Gasteiger partial charge in [0, 0.05) is 25.2 Å². The summed E-state index contributed by atoms with van der Waals surface area (Å²) in [5, 5.41) is 29.3. The number of hydrogen-bond acceptors (Lipinski definition) is 6. The van der Waals surface area contributed by atoms with E-state index in [2.05, 4.69) is 26.8 Å². The smallest absolute Gasteiger partial charge is 0.175 e. The lowest BCUT2D eigenvalue weighted by Crippen LogP contribution is -2.43. The minimum Gasteiger partial charge on any atom is -0.391 e. The van der Waals surface area contributed by atoms with E-state index in [1.54, 1.807) is 10.7 Å². The maximum absolute atomic E-state index is 9.89. The molecule has 3 heterocycles. The van der Waals surface area contributed by atoms with E-state index in [4.69, 9.17) is 5.26 Å². The summed E-state index contributed by atoms with van der Waals surface area (Å²) in [5.74, 6) is 0.912. The van der Waals surface area contributed by atoms with Gasteiger partial charge in [-0.2, -0.15) is 10.4 Å². The van der Waals surface area contributed by atoms with Crippen LogP contribution < -0.4 is 10.6 Å². The SMILES string of the molecule is N#Cc1cnn2ccc(NC[C@H]3CCNC[C@@H]3O)nc12. The fourth-order valence-corrected chi connectivity index (χ4v) is 2.42. The van der Waals surface area contributed by atoms with Crippen LogP contribution in [0, 0.1) is 17.2 Å². The molecule has 0 radical (unpaired) electrons. The normalized spacial score (nSPS) is 22.6. The predicted octanol–water partition coefficient (Wildman–Crippen LogP) is -0.0167. The molecular weight excluding hydrogens is 256 g/mol. The van der Waals surface area contributed by atoms with Gasteiger partial charge < -0.3 is 15.7 Å². The van der Waals surface area contributed by atoms with Crippen LogP contribution in [-0.4, -0.2) is 45.4 Å². The quantitative estimate of drug-likeness (QED) is 0.726. The van der Waals surface area contributed by atoms with Crippen molar-refractivity contribution in [3.8, 4) is 6.07 Å². The summed E-state index contributed by atoms with van der Waals surface area (Å²) in [4.78, 5) is 4.39. The van der Waals surface area contributed by atoms with Gasteiger partial charge in [0.15, 0.2) is 5.65 Å². The molecule has 0 amide bonds. The van der Waals surface area contributed by atoms with E-state index in [0.29, 0.717) is 30.1 Å². The van der Waals surface area contributed by atoms with Crippen molar-refractivity contribution >= 4 is 11.5 Å². The zero-order chi connectivity index (χ0) is 13.9. The van der Waals surface area contributed by atoms with Gasteiger partial charge in [-0.1, -0.05) is 0 Å². The van der Waals surface area contributed by atoms with E-state index in [0.717, 1.165) is 13.0 Å². The predicted molar refractivity (Wildman–Crippen MR) is 73.2 cm³/mol. The third-order valence-electron chi connectivity index (χ3n) is 3.62. The number of fused-ring (bicyclic) bond motifs is 1. The van der Waals surface area contributed by atoms with Crippen LogP contribution in [0.1, 0.15) is 12.0 Å². The highest BCUT2D eigenvalue weighted by molar-refractivity contribution is 5.56. The fraction of sp³-hybridized carbons (Fsp3) is 0.462. The third-order valence-corrected chi connectivity index (χ3v) is 3.62. The van der Waals surface area contributed by atoms with Gasteiger partial charge in [0.25, 0.3) is 0 Å². The highest BCUT2D eigenvalue weighted by Crippen LogP contribution is 2.15. The van der Waals surface area contributed by atoms with E-state index in [1.165, 1.54) is 6.20 Å².